The molecule has 4 nitrogen and oxygen atoms in total. The van der Waals surface area contributed by atoms with Crippen LogP contribution in [0.2, 0.25) is 0 Å². The van der Waals surface area contributed by atoms with E-state index >= 15 is 0 Å². The number of oxazole rings is 1. The Morgan fingerprint density at radius 1 is 1.29 bits per heavy atom. The van der Waals surface area contributed by atoms with Crippen LogP contribution >= 0.6 is 0 Å². The van der Waals surface area contributed by atoms with Crippen LogP contribution in [0, 0.1) is 5.92 Å². The van der Waals surface area contributed by atoms with Crippen LogP contribution in [0.1, 0.15) is 52.9 Å². The Balaban J connectivity index is 1.33. The lowest BCUT2D eigenvalue weighted by molar-refractivity contribution is 0.0922. The lowest BCUT2D eigenvalue weighted by Gasteiger charge is -2.04. The van der Waals surface area contributed by atoms with Crippen molar-refractivity contribution in [3.63, 3.8) is 0 Å². The first-order valence-corrected chi connectivity index (χ1v) is 7.59. The molecule has 0 saturated heterocycles. The number of rotatable bonds is 5. The maximum Gasteiger partial charge on any atom is 0.289 e. The van der Waals surface area contributed by atoms with Gasteiger partial charge in [-0.1, -0.05) is 30.3 Å². The van der Waals surface area contributed by atoms with Crippen molar-refractivity contribution in [2.45, 2.75) is 31.1 Å². The molecule has 2 fully saturated rings. The third-order valence-electron chi connectivity index (χ3n) is 4.44. The fourth-order valence-corrected chi connectivity index (χ4v) is 2.96. The summed E-state index contributed by atoms with van der Waals surface area (Å²) in [5.74, 6) is 1.86. The van der Waals surface area contributed by atoms with E-state index in [1.165, 1.54) is 12.0 Å². The van der Waals surface area contributed by atoms with Crippen LogP contribution in [0.4, 0.5) is 0 Å². The lowest BCUT2D eigenvalue weighted by atomic mass is 10.1. The van der Waals surface area contributed by atoms with Gasteiger partial charge >= 0.3 is 0 Å². The summed E-state index contributed by atoms with van der Waals surface area (Å²) in [6.07, 6.45) is 4.76. The molecular formula is C17H18N2O2. The highest BCUT2D eigenvalue weighted by molar-refractivity contribution is 5.92. The van der Waals surface area contributed by atoms with Crippen LogP contribution in [0.3, 0.4) is 0 Å². The minimum Gasteiger partial charge on any atom is -0.438 e. The number of aromatic nitrogens is 1. The van der Waals surface area contributed by atoms with Gasteiger partial charge in [0.1, 0.15) is 0 Å². The van der Waals surface area contributed by atoms with E-state index in [1.807, 2.05) is 6.07 Å². The molecule has 21 heavy (non-hydrogen) atoms. The SMILES string of the molecule is O=C(NC[C@@H]1C[C@H]1c1ccccc1)c1ocnc1C1CC1. The monoisotopic (exact) mass is 282 g/mol. The van der Waals surface area contributed by atoms with Gasteiger partial charge in [0, 0.05) is 12.5 Å². The van der Waals surface area contributed by atoms with Gasteiger partial charge in [0.15, 0.2) is 6.39 Å². The minimum atomic E-state index is -0.117. The van der Waals surface area contributed by atoms with Gasteiger partial charge < -0.3 is 9.73 Å². The largest absolute Gasteiger partial charge is 0.438 e. The Morgan fingerprint density at radius 3 is 2.86 bits per heavy atom. The van der Waals surface area contributed by atoms with E-state index in [0.717, 1.165) is 25.0 Å². The number of carbonyl (C=O) groups excluding carboxylic acids is 1. The molecule has 2 aliphatic carbocycles. The molecule has 1 aromatic heterocycles. The third kappa shape index (κ3) is 2.58. The number of hydrogen-bond acceptors (Lipinski definition) is 3. The molecule has 4 heteroatoms. The van der Waals surface area contributed by atoms with E-state index in [9.17, 15) is 4.79 Å². The molecule has 2 aromatic rings. The Kier molecular flexibility index (Phi) is 3.02. The van der Waals surface area contributed by atoms with Crippen molar-refractivity contribution in [2.24, 2.45) is 5.92 Å². The number of nitrogens with one attached hydrogen (secondary N) is 1. The smallest absolute Gasteiger partial charge is 0.289 e. The summed E-state index contributed by atoms with van der Waals surface area (Å²) in [5, 5.41) is 3.00. The summed E-state index contributed by atoms with van der Waals surface area (Å²) in [6.45, 7) is 0.712. The number of amides is 1. The second-order valence-electron chi connectivity index (χ2n) is 6.06. The molecule has 108 valence electrons. The molecule has 1 heterocycles. The normalized spacial score (nSPS) is 23.8. The van der Waals surface area contributed by atoms with Gasteiger partial charge in [-0.3, -0.25) is 4.79 Å². The van der Waals surface area contributed by atoms with E-state index in [0.29, 0.717) is 30.1 Å². The molecule has 0 unspecified atom stereocenters. The molecule has 1 amide bonds. The average molecular weight is 282 g/mol. The highest BCUT2D eigenvalue weighted by Gasteiger charge is 2.38. The van der Waals surface area contributed by atoms with Gasteiger partial charge in [-0.25, -0.2) is 4.98 Å². The Morgan fingerprint density at radius 2 is 2.10 bits per heavy atom. The summed E-state index contributed by atoms with van der Waals surface area (Å²) in [7, 11) is 0. The van der Waals surface area contributed by atoms with Gasteiger partial charge in [-0.05, 0) is 36.7 Å². The van der Waals surface area contributed by atoms with Crippen LogP contribution < -0.4 is 5.32 Å². The average Bonchev–Trinajstić information content (AvgIpc) is 3.44. The topological polar surface area (TPSA) is 55.1 Å². The lowest BCUT2D eigenvalue weighted by Crippen LogP contribution is -2.26. The van der Waals surface area contributed by atoms with Crippen LogP contribution in [-0.2, 0) is 0 Å². The highest BCUT2D eigenvalue weighted by atomic mass is 16.3. The van der Waals surface area contributed by atoms with Crippen molar-refractivity contribution in [2.75, 3.05) is 6.54 Å². The predicted molar refractivity (Wildman–Crippen MR) is 78.1 cm³/mol. The highest BCUT2D eigenvalue weighted by Crippen LogP contribution is 2.47. The minimum absolute atomic E-state index is 0.117. The second-order valence-corrected chi connectivity index (χ2v) is 6.06. The van der Waals surface area contributed by atoms with Gasteiger partial charge in [0.25, 0.3) is 5.91 Å². The molecule has 0 bridgehead atoms. The van der Waals surface area contributed by atoms with Crippen LogP contribution in [0.5, 0.6) is 0 Å². The molecule has 1 aromatic carbocycles. The molecule has 2 saturated carbocycles. The zero-order valence-electron chi connectivity index (χ0n) is 11.8. The summed E-state index contributed by atoms with van der Waals surface area (Å²) in [5.41, 5.74) is 2.21. The number of carbonyl (C=O) groups is 1. The maximum atomic E-state index is 12.2. The van der Waals surface area contributed by atoms with Crippen LogP contribution in [0.25, 0.3) is 0 Å². The van der Waals surface area contributed by atoms with E-state index in [4.69, 9.17) is 4.42 Å². The standard InChI is InChI=1S/C17H18N2O2/c20-17(16-15(12-6-7-12)19-10-21-16)18-9-13-8-14(13)11-4-2-1-3-5-11/h1-5,10,12-14H,6-9H2,(H,18,20)/t13-,14-/m0/s1. The molecule has 1 N–H and O–H groups in total. The predicted octanol–water partition coefficient (Wildman–Crippen LogP) is 3.09. The molecule has 2 aliphatic rings. The Bertz CT molecular complexity index is 646. The molecular weight excluding hydrogens is 264 g/mol. The van der Waals surface area contributed by atoms with Crippen molar-refractivity contribution in [1.82, 2.24) is 10.3 Å². The van der Waals surface area contributed by atoms with Crippen molar-refractivity contribution >= 4 is 5.91 Å². The molecule has 0 spiro atoms. The van der Waals surface area contributed by atoms with Gasteiger partial charge in [-0.15, -0.1) is 0 Å². The van der Waals surface area contributed by atoms with E-state index in [2.05, 4.69) is 34.6 Å². The zero-order valence-corrected chi connectivity index (χ0v) is 11.8. The van der Waals surface area contributed by atoms with Gasteiger partial charge in [0.05, 0.1) is 5.69 Å². The van der Waals surface area contributed by atoms with E-state index < -0.39 is 0 Å². The maximum absolute atomic E-state index is 12.2. The number of hydrogen-bond donors (Lipinski definition) is 1. The van der Waals surface area contributed by atoms with Crippen molar-refractivity contribution < 1.29 is 9.21 Å². The molecule has 4 rings (SSSR count). The quantitative estimate of drug-likeness (QED) is 0.917. The fourth-order valence-electron chi connectivity index (χ4n) is 2.96. The number of benzene rings is 1. The Hall–Kier alpha value is -2.10. The Labute approximate surface area is 123 Å². The van der Waals surface area contributed by atoms with Crippen molar-refractivity contribution in [3.8, 4) is 0 Å². The summed E-state index contributed by atoms with van der Waals surface area (Å²) in [6, 6.07) is 10.5. The van der Waals surface area contributed by atoms with E-state index in [1.54, 1.807) is 0 Å². The summed E-state index contributed by atoms with van der Waals surface area (Å²) in [4.78, 5) is 16.4. The first kappa shape index (κ1) is 12.6. The first-order valence-electron chi connectivity index (χ1n) is 7.59. The van der Waals surface area contributed by atoms with Crippen molar-refractivity contribution in [3.05, 3.63) is 53.7 Å². The zero-order chi connectivity index (χ0) is 14.2. The summed E-state index contributed by atoms with van der Waals surface area (Å²) < 4.78 is 5.27. The van der Waals surface area contributed by atoms with Crippen LogP contribution in [-0.4, -0.2) is 17.4 Å². The first-order chi connectivity index (χ1) is 10.3. The molecule has 2 atom stereocenters. The molecule has 0 radical (unpaired) electrons. The van der Waals surface area contributed by atoms with Gasteiger partial charge in [0.2, 0.25) is 5.76 Å². The molecule has 0 aliphatic heterocycles. The second kappa shape index (κ2) is 5.02. The van der Waals surface area contributed by atoms with Crippen molar-refractivity contribution in [1.29, 1.82) is 0 Å². The fraction of sp³-hybridized carbons (Fsp3) is 0.412. The van der Waals surface area contributed by atoms with Crippen LogP contribution in [0.15, 0.2) is 41.1 Å². The summed E-state index contributed by atoms with van der Waals surface area (Å²) >= 11 is 0. The third-order valence-corrected chi connectivity index (χ3v) is 4.44. The number of nitrogens with zero attached hydrogens (tertiary/aromatic N) is 1. The van der Waals surface area contributed by atoms with Gasteiger partial charge in [-0.2, -0.15) is 0 Å². The van der Waals surface area contributed by atoms with E-state index in [-0.39, 0.29) is 5.91 Å².